The van der Waals surface area contributed by atoms with Crippen LogP contribution in [-0.4, -0.2) is 26.7 Å². The van der Waals surface area contributed by atoms with Crippen LogP contribution >= 0.6 is 23.1 Å². The van der Waals surface area contributed by atoms with E-state index in [0.29, 0.717) is 15.1 Å². The van der Waals surface area contributed by atoms with E-state index in [2.05, 4.69) is 4.98 Å². The van der Waals surface area contributed by atoms with Crippen LogP contribution in [0.5, 0.6) is 0 Å². The maximum atomic E-state index is 10.9. The van der Waals surface area contributed by atoms with Crippen LogP contribution in [0.3, 0.4) is 0 Å². The lowest BCUT2D eigenvalue weighted by atomic mass is 10.3. The van der Waals surface area contributed by atoms with Crippen LogP contribution in [0.4, 0.5) is 5.69 Å². The van der Waals surface area contributed by atoms with Crippen LogP contribution in [-0.2, 0) is 4.79 Å². The number of carboxylic acid groups (broad SMARTS) is 1. The number of thiazole rings is 1. The third kappa shape index (κ3) is 2.44. The van der Waals surface area contributed by atoms with Crippen molar-refractivity contribution in [2.45, 2.75) is 11.8 Å². The van der Waals surface area contributed by atoms with E-state index in [1.54, 1.807) is 13.0 Å². The largest absolute Gasteiger partial charge is 0.481 e. The number of carboxylic acids is 1. The minimum atomic E-state index is -0.923. The van der Waals surface area contributed by atoms with E-state index in [9.17, 15) is 14.9 Å². The molecule has 0 radical (unpaired) electrons. The second-order valence-corrected chi connectivity index (χ2v) is 5.65. The molecular formula is C10H8N2O4S2. The zero-order valence-electron chi connectivity index (χ0n) is 9.24. The molecule has 1 N–H and O–H groups in total. The highest BCUT2D eigenvalue weighted by molar-refractivity contribution is 8.00. The number of thioether (sulfide) groups is 1. The van der Waals surface area contributed by atoms with Crippen molar-refractivity contribution in [3.05, 3.63) is 27.3 Å². The number of benzene rings is 1. The van der Waals surface area contributed by atoms with Gasteiger partial charge in [0.15, 0.2) is 5.52 Å². The van der Waals surface area contributed by atoms with Gasteiger partial charge in [0.1, 0.15) is 0 Å². The first-order valence-electron chi connectivity index (χ1n) is 4.88. The SMILES string of the molecule is Cc1nc2c([N+](=O)[O-])ccc(SCC(=O)O)c2s1. The maximum absolute atomic E-state index is 10.9. The molecule has 1 heterocycles. The average Bonchev–Trinajstić information content (AvgIpc) is 2.66. The number of non-ortho nitro benzene ring substituents is 1. The Balaban J connectivity index is 2.53. The predicted octanol–water partition coefficient (Wildman–Crippen LogP) is 2.69. The summed E-state index contributed by atoms with van der Waals surface area (Å²) >= 11 is 2.47. The number of nitro benzene ring substituents is 1. The summed E-state index contributed by atoms with van der Waals surface area (Å²) in [5, 5.41) is 20.2. The zero-order valence-corrected chi connectivity index (χ0v) is 10.9. The summed E-state index contributed by atoms with van der Waals surface area (Å²) in [6.45, 7) is 1.76. The maximum Gasteiger partial charge on any atom is 0.313 e. The predicted molar refractivity (Wildman–Crippen MR) is 69.4 cm³/mol. The van der Waals surface area contributed by atoms with Crippen LogP contribution in [0.25, 0.3) is 10.2 Å². The van der Waals surface area contributed by atoms with E-state index in [1.807, 2.05) is 0 Å². The van der Waals surface area contributed by atoms with Gasteiger partial charge < -0.3 is 5.11 Å². The number of hydrogen-bond donors (Lipinski definition) is 1. The first kappa shape index (κ1) is 12.8. The Kier molecular flexibility index (Phi) is 3.48. The zero-order chi connectivity index (χ0) is 13.3. The molecule has 0 unspecified atom stereocenters. The van der Waals surface area contributed by atoms with Crippen molar-refractivity contribution in [2.75, 3.05) is 5.75 Å². The van der Waals surface area contributed by atoms with E-state index >= 15 is 0 Å². The first-order chi connectivity index (χ1) is 8.49. The van der Waals surface area contributed by atoms with Gasteiger partial charge in [0.25, 0.3) is 5.69 Å². The third-order valence-corrected chi connectivity index (χ3v) is 4.32. The molecule has 6 nitrogen and oxygen atoms in total. The van der Waals surface area contributed by atoms with Crippen LogP contribution in [0.1, 0.15) is 5.01 Å². The summed E-state index contributed by atoms with van der Waals surface area (Å²) in [6, 6.07) is 2.94. The Bertz CT molecular complexity index is 638. The number of carbonyl (C=O) groups is 1. The second kappa shape index (κ2) is 4.91. The monoisotopic (exact) mass is 284 g/mol. The molecule has 2 aromatic rings. The number of aryl methyl sites for hydroxylation is 1. The number of fused-ring (bicyclic) bond motifs is 1. The van der Waals surface area contributed by atoms with Gasteiger partial charge in [-0.3, -0.25) is 14.9 Å². The Morgan fingerprint density at radius 2 is 2.33 bits per heavy atom. The molecule has 0 atom stereocenters. The highest BCUT2D eigenvalue weighted by Crippen LogP contribution is 2.37. The highest BCUT2D eigenvalue weighted by atomic mass is 32.2. The Labute approximate surface area is 110 Å². The van der Waals surface area contributed by atoms with Gasteiger partial charge in [0.05, 0.1) is 20.4 Å². The quantitative estimate of drug-likeness (QED) is 0.527. The van der Waals surface area contributed by atoms with Crippen LogP contribution in [0, 0.1) is 17.0 Å². The van der Waals surface area contributed by atoms with Gasteiger partial charge in [-0.05, 0) is 13.0 Å². The minimum absolute atomic E-state index is 0.0472. The summed E-state index contributed by atoms with van der Waals surface area (Å²) in [5.74, 6) is -1.00. The molecule has 94 valence electrons. The fourth-order valence-corrected chi connectivity index (χ4v) is 3.30. The van der Waals surface area contributed by atoms with Crippen LogP contribution in [0.2, 0.25) is 0 Å². The Morgan fingerprint density at radius 3 is 2.94 bits per heavy atom. The van der Waals surface area contributed by atoms with Crippen molar-refractivity contribution in [1.29, 1.82) is 0 Å². The van der Waals surface area contributed by atoms with Crippen molar-refractivity contribution >= 4 is 45.0 Å². The summed E-state index contributed by atoms with van der Waals surface area (Å²) in [6.07, 6.45) is 0. The molecule has 0 aliphatic heterocycles. The molecule has 0 aliphatic carbocycles. The van der Waals surface area contributed by atoms with Crippen molar-refractivity contribution in [3.8, 4) is 0 Å². The number of aromatic nitrogens is 1. The van der Waals surface area contributed by atoms with E-state index in [-0.39, 0.29) is 11.4 Å². The van der Waals surface area contributed by atoms with E-state index < -0.39 is 10.9 Å². The van der Waals surface area contributed by atoms with Crippen molar-refractivity contribution in [3.63, 3.8) is 0 Å². The molecule has 0 fully saturated rings. The van der Waals surface area contributed by atoms with Gasteiger partial charge in [-0.1, -0.05) is 0 Å². The standard InChI is InChI=1S/C10H8N2O4S2/c1-5-11-9-6(12(15)16)2-3-7(10(9)18-5)17-4-8(13)14/h2-3H,4H2,1H3,(H,13,14). The lowest BCUT2D eigenvalue weighted by Gasteiger charge is -2.00. The molecule has 0 amide bonds. The van der Waals surface area contributed by atoms with Gasteiger partial charge in [0, 0.05) is 11.0 Å². The molecule has 8 heteroatoms. The molecule has 1 aromatic heterocycles. The van der Waals surface area contributed by atoms with Gasteiger partial charge in [-0.25, -0.2) is 4.98 Å². The molecule has 18 heavy (non-hydrogen) atoms. The number of hydrogen-bond acceptors (Lipinski definition) is 6. The molecule has 0 saturated carbocycles. The minimum Gasteiger partial charge on any atom is -0.481 e. The Hall–Kier alpha value is -1.67. The molecule has 1 aromatic carbocycles. The van der Waals surface area contributed by atoms with Crippen LogP contribution < -0.4 is 0 Å². The molecule has 0 bridgehead atoms. The molecule has 0 aliphatic rings. The summed E-state index contributed by atoms with van der Waals surface area (Å²) < 4.78 is 0.674. The Morgan fingerprint density at radius 1 is 1.61 bits per heavy atom. The van der Waals surface area contributed by atoms with Crippen molar-refractivity contribution in [1.82, 2.24) is 4.98 Å². The highest BCUT2D eigenvalue weighted by Gasteiger charge is 2.18. The molecule has 0 saturated heterocycles. The van der Waals surface area contributed by atoms with Gasteiger partial charge in [-0.2, -0.15) is 0 Å². The topological polar surface area (TPSA) is 93.3 Å². The lowest BCUT2D eigenvalue weighted by Crippen LogP contribution is -1.97. The smallest absolute Gasteiger partial charge is 0.313 e. The fourth-order valence-electron chi connectivity index (χ4n) is 1.48. The van der Waals surface area contributed by atoms with Crippen molar-refractivity contribution in [2.24, 2.45) is 0 Å². The number of aliphatic carboxylic acids is 1. The normalized spacial score (nSPS) is 10.7. The second-order valence-electron chi connectivity index (χ2n) is 3.43. The van der Waals surface area contributed by atoms with Crippen LogP contribution in [0.15, 0.2) is 17.0 Å². The lowest BCUT2D eigenvalue weighted by molar-refractivity contribution is -0.383. The molecule has 0 spiro atoms. The van der Waals surface area contributed by atoms with E-state index in [0.717, 1.165) is 16.8 Å². The van der Waals surface area contributed by atoms with Gasteiger partial charge >= 0.3 is 5.97 Å². The van der Waals surface area contributed by atoms with E-state index in [1.165, 1.54) is 17.4 Å². The summed E-state index contributed by atoms with van der Waals surface area (Å²) in [7, 11) is 0. The van der Waals surface area contributed by atoms with Gasteiger partial charge in [-0.15, -0.1) is 23.1 Å². The number of nitro groups is 1. The summed E-state index contributed by atoms with van der Waals surface area (Å²) in [5.41, 5.74) is 0.284. The number of nitrogens with zero attached hydrogens (tertiary/aromatic N) is 2. The molecular weight excluding hydrogens is 276 g/mol. The van der Waals surface area contributed by atoms with Gasteiger partial charge in [0.2, 0.25) is 0 Å². The number of rotatable bonds is 4. The van der Waals surface area contributed by atoms with E-state index in [4.69, 9.17) is 5.11 Å². The third-order valence-electron chi connectivity index (χ3n) is 2.14. The summed E-state index contributed by atoms with van der Waals surface area (Å²) in [4.78, 5) is 25.8. The van der Waals surface area contributed by atoms with Crippen molar-refractivity contribution < 1.29 is 14.8 Å². The first-order valence-corrected chi connectivity index (χ1v) is 6.68. The molecule has 2 rings (SSSR count). The fraction of sp³-hybridized carbons (Fsp3) is 0.200. The average molecular weight is 284 g/mol.